The van der Waals surface area contributed by atoms with Crippen LogP contribution in [0.5, 0.6) is 0 Å². The summed E-state index contributed by atoms with van der Waals surface area (Å²) in [6.07, 6.45) is 2.10. The summed E-state index contributed by atoms with van der Waals surface area (Å²) in [5.41, 5.74) is 2.16. The van der Waals surface area contributed by atoms with Gasteiger partial charge in [-0.2, -0.15) is 0 Å². The number of carbonyl (C=O) groups is 2. The Kier molecular flexibility index (Phi) is 6.16. The number of nitrogens with zero attached hydrogens (tertiary/aromatic N) is 3. The minimum Gasteiger partial charge on any atom is -0.339 e. The zero-order chi connectivity index (χ0) is 20.2. The van der Waals surface area contributed by atoms with E-state index in [1.54, 1.807) is 11.3 Å². The minimum atomic E-state index is -0.120. The van der Waals surface area contributed by atoms with Gasteiger partial charge in [0.25, 0.3) is 5.91 Å². The predicted molar refractivity (Wildman–Crippen MR) is 117 cm³/mol. The molecule has 3 heterocycles. The van der Waals surface area contributed by atoms with E-state index in [0.29, 0.717) is 24.3 Å². The van der Waals surface area contributed by atoms with Crippen molar-refractivity contribution in [3.8, 4) is 0 Å². The molecule has 7 heteroatoms. The number of carbonyl (C=O) groups excluding carboxylic acids is 2. The van der Waals surface area contributed by atoms with Crippen LogP contribution < -0.4 is 5.32 Å². The fourth-order valence-electron chi connectivity index (χ4n) is 4.02. The van der Waals surface area contributed by atoms with E-state index in [4.69, 9.17) is 0 Å². The van der Waals surface area contributed by atoms with Crippen LogP contribution in [0.15, 0.2) is 35.7 Å². The van der Waals surface area contributed by atoms with Gasteiger partial charge in [0.1, 0.15) is 0 Å². The molecular formula is C22H28N4O2S. The molecule has 29 heavy (non-hydrogen) atoms. The van der Waals surface area contributed by atoms with Gasteiger partial charge >= 0.3 is 6.03 Å². The number of rotatable bonds is 4. The van der Waals surface area contributed by atoms with Crippen LogP contribution in [0, 0.1) is 6.92 Å². The molecule has 1 aromatic heterocycles. The first-order chi connectivity index (χ1) is 14.1. The van der Waals surface area contributed by atoms with Crippen molar-refractivity contribution in [3.05, 3.63) is 51.7 Å². The summed E-state index contributed by atoms with van der Waals surface area (Å²) in [5, 5.41) is 5.14. The molecule has 1 aromatic carbocycles. The molecule has 0 atom stereocenters. The normalized spacial score (nSPS) is 17.6. The van der Waals surface area contributed by atoms with E-state index in [0.717, 1.165) is 51.1 Å². The molecule has 3 amide bonds. The van der Waals surface area contributed by atoms with Crippen LogP contribution in [-0.2, 0) is 6.54 Å². The molecule has 0 aliphatic carbocycles. The van der Waals surface area contributed by atoms with E-state index >= 15 is 0 Å². The molecule has 4 rings (SSSR count). The number of urea groups is 1. The number of para-hydroxylation sites is 1. The first-order valence-corrected chi connectivity index (χ1v) is 11.2. The average molecular weight is 413 g/mol. The van der Waals surface area contributed by atoms with Crippen LogP contribution in [0.25, 0.3) is 0 Å². The zero-order valence-corrected chi connectivity index (χ0v) is 17.7. The highest BCUT2D eigenvalue weighted by atomic mass is 32.1. The van der Waals surface area contributed by atoms with Crippen molar-refractivity contribution in [2.45, 2.75) is 26.3 Å². The summed E-state index contributed by atoms with van der Waals surface area (Å²) < 4.78 is 0. The Morgan fingerprint density at radius 3 is 2.41 bits per heavy atom. The fourth-order valence-corrected chi connectivity index (χ4v) is 4.77. The Hall–Kier alpha value is -2.38. The summed E-state index contributed by atoms with van der Waals surface area (Å²) in [4.78, 5) is 33.3. The van der Waals surface area contributed by atoms with Gasteiger partial charge in [-0.15, -0.1) is 11.3 Å². The van der Waals surface area contributed by atoms with Gasteiger partial charge in [0.05, 0.1) is 11.3 Å². The number of piperazine rings is 1. The molecule has 2 fully saturated rings. The monoisotopic (exact) mass is 412 g/mol. The molecular weight excluding hydrogens is 384 g/mol. The maximum absolute atomic E-state index is 12.9. The molecule has 2 saturated heterocycles. The van der Waals surface area contributed by atoms with Gasteiger partial charge in [0.2, 0.25) is 0 Å². The quantitative estimate of drug-likeness (QED) is 0.834. The average Bonchev–Trinajstić information content (AvgIpc) is 3.44. The van der Waals surface area contributed by atoms with Gasteiger partial charge < -0.3 is 15.1 Å². The highest BCUT2D eigenvalue weighted by Gasteiger charge is 2.26. The summed E-state index contributed by atoms with van der Waals surface area (Å²) in [6.45, 7) is 7.59. The first-order valence-electron chi connectivity index (χ1n) is 10.3. The Morgan fingerprint density at radius 2 is 1.72 bits per heavy atom. The third-order valence-corrected chi connectivity index (χ3v) is 6.61. The van der Waals surface area contributed by atoms with E-state index < -0.39 is 0 Å². The second-order valence-electron chi connectivity index (χ2n) is 7.77. The van der Waals surface area contributed by atoms with Crippen molar-refractivity contribution >= 4 is 29.0 Å². The third kappa shape index (κ3) is 4.62. The predicted octanol–water partition coefficient (Wildman–Crippen LogP) is 3.64. The van der Waals surface area contributed by atoms with Gasteiger partial charge in [-0.1, -0.05) is 18.2 Å². The first kappa shape index (κ1) is 19.9. The van der Waals surface area contributed by atoms with Crippen LogP contribution in [-0.4, -0.2) is 65.9 Å². The molecule has 1 N–H and O–H groups in total. The Labute approximate surface area is 176 Å². The molecule has 2 aliphatic rings. The summed E-state index contributed by atoms with van der Waals surface area (Å²) in [6, 6.07) is 9.76. The van der Waals surface area contributed by atoms with Gasteiger partial charge in [-0.05, 0) is 42.8 Å². The minimum absolute atomic E-state index is 0.0160. The zero-order valence-electron chi connectivity index (χ0n) is 16.9. The van der Waals surface area contributed by atoms with Crippen molar-refractivity contribution < 1.29 is 9.59 Å². The van der Waals surface area contributed by atoms with Gasteiger partial charge in [0, 0.05) is 50.7 Å². The van der Waals surface area contributed by atoms with Gasteiger partial charge in [0.15, 0.2) is 0 Å². The number of thiophene rings is 1. The van der Waals surface area contributed by atoms with Crippen molar-refractivity contribution in [2.75, 3.05) is 44.6 Å². The van der Waals surface area contributed by atoms with E-state index in [1.807, 2.05) is 34.9 Å². The molecule has 6 nitrogen and oxygen atoms in total. The molecule has 0 bridgehead atoms. The lowest BCUT2D eigenvalue weighted by molar-refractivity contribution is 0.0793. The second kappa shape index (κ2) is 8.97. The molecule has 0 unspecified atom stereocenters. The summed E-state index contributed by atoms with van der Waals surface area (Å²) in [7, 11) is 0. The maximum Gasteiger partial charge on any atom is 0.321 e. The summed E-state index contributed by atoms with van der Waals surface area (Å²) >= 11 is 1.77. The van der Waals surface area contributed by atoms with Crippen LogP contribution in [0.3, 0.4) is 0 Å². The number of likely N-dealkylation sites (tertiary alicyclic amines) is 1. The van der Waals surface area contributed by atoms with Gasteiger partial charge in [-0.3, -0.25) is 9.69 Å². The van der Waals surface area contributed by atoms with Crippen molar-refractivity contribution in [1.82, 2.24) is 14.7 Å². The SMILES string of the molecule is Cc1cccc(C(=O)N2CCCC2)c1NC(=O)N1CCN(Cc2cccs2)CC1. The number of benzene rings is 1. The lowest BCUT2D eigenvalue weighted by atomic mass is 10.1. The standard InChI is InChI=1S/C22H28N4O2S/c1-17-6-4-8-19(21(27)25-9-2-3-10-25)20(17)23-22(28)26-13-11-24(12-14-26)16-18-7-5-15-29-18/h4-8,15H,2-3,9-14,16H2,1H3,(H,23,28). The highest BCUT2D eigenvalue weighted by molar-refractivity contribution is 7.09. The van der Waals surface area contributed by atoms with Crippen molar-refractivity contribution in [1.29, 1.82) is 0 Å². The number of aryl methyl sites for hydroxylation is 1. The second-order valence-corrected chi connectivity index (χ2v) is 8.80. The largest absolute Gasteiger partial charge is 0.339 e. The van der Waals surface area contributed by atoms with Crippen LogP contribution >= 0.6 is 11.3 Å². The van der Waals surface area contributed by atoms with Crippen molar-refractivity contribution in [2.24, 2.45) is 0 Å². The van der Waals surface area contributed by atoms with Crippen molar-refractivity contribution in [3.63, 3.8) is 0 Å². The van der Waals surface area contributed by atoms with E-state index in [9.17, 15) is 9.59 Å². The van der Waals surface area contributed by atoms with E-state index in [2.05, 4.69) is 27.7 Å². The Bertz CT molecular complexity index is 854. The van der Waals surface area contributed by atoms with Gasteiger partial charge in [-0.25, -0.2) is 4.79 Å². The number of nitrogens with one attached hydrogen (secondary N) is 1. The number of amides is 3. The summed E-state index contributed by atoms with van der Waals surface area (Å²) in [5.74, 6) is 0.0160. The van der Waals surface area contributed by atoms with Crippen LogP contribution in [0.1, 0.15) is 33.6 Å². The van der Waals surface area contributed by atoms with E-state index in [1.165, 1.54) is 4.88 Å². The topological polar surface area (TPSA) is 55.9 Å². The molecule has 2 aromatic rings. The third-order valence-electron chi connectivity index (χ3n) is 5.75. The maximum atomic E-state index is 12.9. The number of anilines is 1. The smallest absolute Gasteiger partial charge is 0.321 e. The number of hydrogen-bond acceptors (Lipinski definition) is 4. The molecule has 0 saturated carbocycles. The van der Waals surface area contributed by atoms with Crippen LogP contribution in [0.4, 0.5) is 10.5 Å². The lowest BCUT2D eigenvalue weighted by Crippen LogP contribution is -2.49. The highest BCUT2D eigenvalue weighted by Crippen LogP contribution is 2.24. The fraction of sp³-hybridized carbons (Fsp3) is 0.455. The molecule has 2 aliphatic heterocycles. The Morgan fingerprint density at radius 1 is 0.966 bits per heavy atom. The van der Waals surface area contributed by atoms with Crippen LogP contribution in [0.2, 0.25) is 0 Å². The molecule has 0 spiro atoms. The Balaban J connectivity index is 1.39. The number of hydrogen-bond donors (Lipinski definition) is 1. The van der Waals surface area contributed by atoms with E-state index in [-0.39, 0.29) is 11.9 Å². The lowest BCUT2D eigenvalue weighted by Gasteiger charge is -2.34. The molecule has 0 radical (unpaired) electrons. The molecule has 154 valence electrons.